The lowest BCUT2D eigenvalue weighted by Gasteiger charge is -2.24. The molecule has 0 spiro atoms. The van der Waals surface area contributed by atoms with E-state index in [1.54, 1.807) is 7.11 Å². The van der Waals surface area contributed by atoms with Gasteiger partial charge in [0.1, 0.15) is 0 Å². The number of ether oxygens (including phenoxy) is 1. The standard InChI is InChI=1S/C15H25BrN2O/c1-4-9-18(5-2)15-7-6-13(11-14(15)16)12-17-8-10-19-3/h6-7,11,17H,4-5,8-10,12H2,1-3H3. The lowest BCUT2D eigenvalue weighted by atomic mass is 10.2. The van der Waals surface area contributed by atoms with Gasteiger partial charge < -0.3 is 15.0 Å². The van der Waals surface area contributed by atoms with E-state index in [0.29, 0.717) is 0 Å². The van der Waals surface area contributed by atoms with Gasteiger partial charge in [-0.1, -0.05) is 13.0 Å². The van der Waals surface area contributed by atoms with Gasteiger partial charge in [0.25, 0.3) is 0 Å². The van der Waals surface area contributed by atoms with Gasteiger partial charge >= 0.3 is 0 Å². The maximum absolute atomic E-state index is 5.02. The lowest BCUT2D eigenvalue weighted by molar-refractivity contribution is 0.199. The number of hydrogen-bond donors (Lipinski definition) is 1. The van der Waals surface area contributed by atoms with Crippen LogP contribution in [0.25, 0.3) is 0 Å². The van der Waals surface area contributed by atoms with Gasteiger partial charge in [-0.2, -0.15) is 0 Å². The molecule has 0 radical (unpaired) electrons. The van der Waals surface area contributed by atoms with Crippen molar-refractivity contribution in [2.24, 2.45) is 0 Å². The van der Waals surface area contributed by atoms with Crippen molar-refractivity contribution in [3.63, 3.8) is 0 Å². The van der Waals surface area contributed by atoms with Crippen molar-refractivity contribution in [1.29, 1.82) is 0 Å². The van der Waals surface area contributed by atoms with E-state index in [9.17, 15) is 0 Å². The fourth-order valence-electron chi connectivity index (χ4n) is 2.04. The summed E-state index contributed by atoms with van der Waals surface area (Å²) in [6.45, 7) is 9.06. The Morgan fingerprint density at radius 1 is 1.32 bits per heavy atom. The molecule has 108 valence electrons. The van der Waals surface area contributed by atoms with Gasteiger partial charge in [-0.05, 0) is 47.0 Å². The Balaban J connectivity index is 2.62. The number of benzene rings is 1. The minimum Gasteiger partial charge on any atom is -0.383 e. The molecule has 4 heteroatoms. The van der Waals surface area contributed by atoms with Crippen LogP contribution in [0.15, 0.2) is 22.7 Å². The first-order chi connectivity index (χ1) is 9.22. The fourth-order valence-corrected chi connectivity index (χ4v) is 2.72. The van der Waals surface area contributed by atoms with E-state index in [0.717, 1.165) is 32.8 Å². The Labute approximate surface area is 125 Å². The minimum absolute atomic E-state index is 0.749. The summed E-state index contributed by atoms with van der Waals surface area (Å²) in [7, 11) is 1.72. The van der Waals surface area contributed by atoms with Crippen molar-refractivity contribution in [2.75, 3.05) is 38.3 Å². The summed E-state index contributed by atoms with van der Waals surface area (Å²) >= 11 is 3.69. The number of nitrogens with zero attached hydrogens (tertiary/aromatic N) is 1. The highest BCUT2D eigenvalue weighted by Gasteiger charge is 2.08. The molecule has 0 aliphatic rings. The summed E-state index contributed by atoms with van der Waals surface area (Å²) in [4.78, 5) is 2.40. The molecule has 1 aromatic rings. The van der Waals surface area contributed by atoms with Gasteiger partial charge in [-0.25, -0.2) is 0 Å². The summed E-state index contributed by atoms with van der Waals surface area (Å²) in [6.07, 6.45) is 1.17. The third-order valence-electron chi connectivity index (χ3n) is 3.04. The van der Waals surface area contributed by atoms with Gasteiger partial charge in [-0.3, -0.25) is 0 Å². The van der Waals surface area contributed by atoms with Gasteiger partial charge in [0.15, 0.2) is 0 Å². The van der Waals surface area contributed by atoms with Crippen molar-refractivity contribution >= 4 is 21.6 Å². The fraction of sp³-hybridized carbons (Fsp3) is 0.600. The lowest BCUT2D eigenvalue weighted by Crippen LogP contribution is -2.24. The molecule has 0 unspecified atom stereocenters. The van der Waals surface area contributed by atoms with Crippen LogP contribution in [-0.2, 0) is 11.3 Å². The molecule has 1 aromatic carbocycles. The Morgan fingerprint density at radius 2 is 2.11 bits per heavy atom. The first-order valence-electron chi connectivity index (χ1n) is 6.95. The third kappa shape index (κ3) is 5.51. The predicted octanol–water partition coefficient (Wildman–Crippen LogP) is 3.42. The van der Waals surface area contributed by atoms with Crippen molar-refractivity contribution in [3.8, 4) is 0 Å². The topological polar surface area (TPSA) is 24.5 Å². The van der Waals surface area contributed by atoms with Crippen LogP contribution in [0, 0.1) is 0 Å². The Kier molecular flexibility index (Phi) is 8.10. The highest BCUT2D eigenvalue weighted by atomic mass is 79.9. The maximum atomic E-state index is 5.02. The summed E-state index contributed by atoms with van der Waals surface area (Å²) in [6, 6.07) is 6.60. The molecular weight excluding hydrogens is 304 g/mol. The predicted molar refractivity (Wildman–Crippen MR) is 85.9 cm³/mol. The molecule has 1 N–H and O–H groups in total. The Morgan fingerprint density at radius 3 is 2.68 bits per heavy atom. The number of methoxy groups -OCH3 is 1. The maximum Gasteiger partial charge on any atom is 0.0587 e. The quantitative estimate of drug-likeness (QED) is 0.703. The third-order valence-corrected chi connectivity index (χ3v) is 3.68. The van der Waals surface area contributed by atoms with Crippen LogP contribution >= 0.6 is 15.9 Å². The second-order valence-electron chi connectivity index (χ2n) is 4.54. The van der Waals surface area contributed by atoms with Crippen molar-refractivity contribution in [3.05, 3.63) is 28.2 Å². The number of rotatable bonds is 9. The van der Waals surface area contributed by atoms with E-state index in [1.807, 2.05) is 0 Å². The van der Waals surface area contributed by atoms with Crippen molar-refractivity contribution in [2.45, 2.75) is 26.8 Å². The van der Waals surface area contributed by atoms with Gasteiger partial charge in [-0.15, -0.1) is 0 Å². The molecule has 0 fully saturated rings. The van der Waals surface area contributed by atoms with E-state index in [4.69, 9.17) is 4.74 Å². The van der Waals surface area contributed by atoms with E-state index in [2.05, 4.69) is 58.2 Å². The van der Waals surface area contributed by atoms with Crippen LogP contribution < -0.4 is 10.2 Å². The first-order valence-corrected chi connectivity index (χ1v) is 7.75. The van der Waals surface area contributed by atoms with E-state index in [1.165, 1.54) is 22.1 Å². The zero-order valence-corrected chi connectivity index (χ0v) is 13.8. The molecular formula is C15H25BrN2O. The van der Waals surface area contributed by atoms with E-state index >= 15 is 0 Å². The number of hydrogen-bond acceptors (Lipinski definition) is 3. The largest absolute Gasteiger partial charge is 0.383 e. The van der Waals surface area contributed by atoms with Crippen LogP contribution in [0.3, 0.4) is 0 Å². The van der Waals surface area contributed by atoms with Crippen LogP contribution in [0.1, 0.15) is 25.8 Å². The van der Waals surface area contributed by atoms with Crippen LogP contribution in [0.2, 0.25) is 0 Å². The van der Waals surface area contributed by atoms with Crippen LogP contribution in [-0.4, -0.2) is 33.4 Å². The van der Waals surface area contributed by atoms with Crippen molar-refractivity contribution < 1.29 is 4.74 Å². The first kappa shape index (κ1) is 16.5. The number of anilines is 1. The van der Waals surface area contributed by atoms with Crippen molar-refractivity contribution in [1.82, 2.24) is 5.32 Å². The molecule has 0 saturated carbocycles. The summed E-state index contributed by atoms with van der Waals surface area (Å²) in [5.74, 6) is 0. The molecule has 3 nitrogen and oxygen atoms in total. The van der Waals surface area contributed by atoms with Crippen LogP contribution in [0.5, 0.6) is 0 Å². The molecule has 0 bridgehead atoms. The second-order valence-corrected chi connectivity index (χ2v) is 5.39. The zero-order chi connectivity index (χ0) is 14.1. The zero-order valence-electron chi connectivity index (χ0n) is 12.2. The summed E-state index contributed by atoms with van der Waals surface area (Å²) in [5.41, 5.74) is 2.57. The average molecular weight is 329 g/mol. The molecule has 0 atom stereocenters. The highest BCUT2D eigenvalue weighted by Crippen LogP contribution is 2.27. The van der Waals surface area contributed by atoms with Gasteiger partial charge in [0.05, 0.1) is 12.3 Å². The Hall–Kier alpha value is -0.580. The van der Waals surface area contributed by atoms with E-state index in [-0.39, 0.29) is 0 Å². The molecule has 1 rings (SSSR count). The van der Waals surface area contributed by atoms with E-state index < -0.39 is 0 Å². The minimum atomic E-state index is 0.749. The molecule has 0 aliphatic heterocycles. The molecule has 0 aliphatic carbocycles. The monoisotopic (exact) mass is 328 g/mol. The number of nitrogens with one attached hydrogen (secondary N) is 1. The molecule has 0 amide bonds. The number of halogens is 1. The summed E-state index contributed by atoms with van der Waals surface area (Å²) < 4.78 is 6.19. The average Bonchev–Trinajstić information content (AvgIpc) is 2.42. The highest BCUT2D eigenvalue weighted by molar-refractivity contribution is 9.10. The molecule has 0 aromatic heterocycles. The summed E-state index contributed by atoms with van der Waals surface area (Å²) in [5, 5.41) is 3.36. The SMILES string of the molecule is CCCN(CC)c1ccc(CNCCOC)cc1Br. The molecule has 0 saturated heterocycles. The molecule has 0 heterocycles. The normalized spacial score (nSPS) is 10.7. The van der Waals surface area contributed by atoms with Crippen LogP contribution in [0.4, 0.5) is 5.69 Å². The van der Waals surface area contributed by atoms with Gasteiger partial charge in [0, 0.05) is 37.8 Å². The van der Waals surface area contributed by atoms with Gasteiger partial charge in [0.2, 0.25) is 0 Å². The second kappa shape index (κ2) is 9.34. The Bertz CT molecular complexity index is 371. The smallest absolute Gasteiger partial charge is 0.0587 e. The molecule has 19 heavy (non-hydrogen) atoms.